The summed E-state index contributed by atoms with van der Waals surface area (Å²) in [6.07, 6.45) is 1.07. The van der Waals surface area contributed by atoms with E-state index in [9.17, 15) is 8.42 Å². The number of para-hydroxylation sites is 1. The van der Waals surface area contributed by atoms with Crippen LogP contribution >= 0.6 is 0 Å². The van der Waals surface area contributed by atoms with Crippen molar-refractivity contribution in [2.24, 2.45) is 5.41 Å². The summed E-state index contributed by atoms with van der Waals surface area (Å²) in [6, 6.07) is 7.14. The average molecular weight is 298 g/mol. The second-order valence-corrected chi connectivity index (χ2v) is 7.54. The first-order valence-corrected chi connectivity index (χ1v) is 8.13. The molecule has 2 unspecified atom stereocenters. The molecule has 112 valence electrons. The summed E-state index contributed by atoms with van der Waals surface area (Å²) in [5.41, 5.74) is 0.611. The molecule has 6 heteroatoms. The number of benzene rings is 1. The lowest BCUT2D eigenvalue weighted by atomic mass is 9.64. The molecule has 0 radical (unpaired) electrons. The van der Waals surface area contributed by atoms with Crippen LogP contribution in [-0.2, 0) is 14.8 Å². The summed E-state index contributed by atoms with van der Waals surface area (Å²) in [4.78, 5) is 0.277. The Morgan fingerprint density at radius 3 is 2.50 bits per heavy atom. The zero-order valence-electron chi connectivity index (χ0n) is 12.3. The van der Waals surface area contributed by atoms with Crippen LogP contribution in [0, 0.1) is 5.41 Å². The Kier molecular flexibility index (Phi) is 4.09. The molecule has 20 heavy (non-hydrogen) atoms. The zero-order chi connectivity index (χ0) is 15.0. The molecule has 0 aromatic heterocycles. The van der Waals surface area contributed by atoms with E-state index in [4.69, 9.17) is 4.74 Å². The summed E-state index contributed by atoms with van der Waals surface area (Å²) < 4.78 is 31.8. The first-order valence-electron chi connectivity index (χ1n) is 6.65. The summed E-state index contributed by atoms with van der Waals surface area (Å²) in [5, 5.41) is 3.34. The van der Waals surface area contributed by atoms with Crippen molar-refractivity contribution in [1.82, 2.24) is 4.72 Å². The van der Waals surface area contributed by atoms with Gasteiger partial charge in [0.05, 0.1) is 11.8 Å². The monoisotopic (exact) mass is 298 g/mol. The molecule has 1 aliphatic carbocycles. The molecule has 5 nitrogen and oxygen atoms in total. The first-order chi connectivity index (χ1) is 9.32. The minimum Gasteiger partial charge on any atom is -0.381 e. The highest BCUT2D eigenvalue weighted by Crippen LogP contribution is 2.44. The number of methoxy groups -OCH3 is 1. The molecule has 2 N–H and O–H groups in total. The van der Waals surface area contributed by atoms with Gasteiger partial charge in [-0.25, -0.2) is 13.1 Å². The van der Waals surface area contributed by atoms with Gasteiger partial charge in [0.2, 0.25) is 10.0 Å². The second kappa shape index (κ2) is 5.35. The highest BCUT2D eigenvalue weighted by Gasteiger charge is 2.48. The largest absolute Gasteiger partial charge is 0.381 e. The van der Waals surface area contributed by atoms with Gasteiger partial charge in [-0.1, -0.05) is 26.0 Å². The van der Waals surface area contributed by atoms with Crippen LogP contribution in [-0.4, -0.2) is 34.7 Å². The molecule has 2 atom stereocenters. The van der Waals surface area contributed by atoms with Crippen molar-refractivity contribution in [1.29, 1.82) is 0 Å². The van der Waals surface area contributed by atoms with Crippen molar-refractivity contribution in [3.63, 3.8) is 0 Å². The van der Waals surface area contributed by atoms with Crippen LogP contribution in [0.5, 0.6) is 0 Å². The minimum atomic E-state index is -3.46. The van der Waals surface area contributed by atoms with Crippen LogP contribution in [0.25, 0.3) is 0 Å². The van der Waals surface area contributed by atoms with Gasteiger partial charge in [-0.05, 0) is 25.6 Å². The normalized spacial score (nSPS) is 25.0. The maximum atomic E-state index is 12.0. The number of hydrogen-bond acceptors (Lipinski definition) is 4. The molecule has 0 amide bonds. The number of nitrogens with one attached hydrogen (secondary N) is 2. The van der Waals surface area contributed by atoms with Crippen molar-refractivity contribution in [2.75, 3.05) is 19.5 Å². The van der Waals surface area contributed by atoms with E-state index in [-0.39, 0.29) is 22.5 Å². The Labute approximate surface area is 120 Å². The van der Waals surface area contributed by atoms with Crippen molar-refractivity contribution in [3.8, 4) is 0 Å². The van der Waals surface area contributed by atoms with Crippen LogP contribution in [0.1, 0.15) is 20.3 Å². The minimum absolute atomic E-state index is 0.0226. The van der Waals surface area contributed by atoms with E-state index >= 15 is 0 Å². The quantitative estimate of drug-likeness (QED) is 0.870. The zero-order valence-corrected chi connectivity index (χ0v) is 13.1. The van der Waals surface area contributed by atoms with Crippen LogP contribution in [0.2, 0.25) is 0 Å². The van der Waals surface area contributed by atoms with Gasteiger partial charge in [0.25, 0.3) is 0 Å². The third-order valence-electron chi connectivity index (χ3n) is 4.24. The van der Waals surface area contributed by atoms with Gasteiger partial charge in [0.1, 0.15) is 4.90 Å². The lowest BCUT2D eigenvalue weighted by Crippen LogP contribution is -2.57. The van der Waals surface area contributed by atoms with E-state index in [0.29, 0.717) is 5.69 Å². The third-order valence-corrected chi connectivity index (χ3v) is 5.71. The van der Waals surface area contributed by atoms with Crippen molar-refractivity contribution in [3.05, 3.63) is 24.3 Å². The molecule has 1 saturated carbocycles. The Hall–Kier alpha value is -1.11. The molecule has 1 aromatic carbocycles. The van der Waals surface area contributed by atoms with Gasteiger partial charge in [-0.3, -0.25) is 0 Å². The average Bonchev–Trinajstić information content (AvgIpc) is 2.43. The van der Waals surface area contributed by atoms with Gasteiger partial charge in [0.15, 0.2) is 0 Å². The Bertz CT molecular complexity index is 584. The van der Waals surface area contributed by atoms with E-state index in [0.717, 1.165) is 6.42 Å². The molecule has 1 aromatic rings. The van der Waals surface area contributed by atoms with Crippen molar-refractivity contribution in [2.45, 2.75) is 37.3 Å². The highest BCUT2D eigenvalue weighted by molar-refractivity contribution is 7.89. The summed E-state index contributed by atoms with van der Waals surface area (Å²) in [5.74, 6) is 0. The Morgan fingerprint density at radius 2 is 1.95 bits per heavy atom. The molecule has 1 aliphatic rings. The van der Waals surface area contributed by atoms with Crippen LogP contribution < -0.4 is 10.0 Å². The van der Waals surface area contributed by atoms with E-state index in [2.05, 4.69) is 23.9 Å². The van der Waals surface area contributed by atoms with Gasteiger partial charge in [-0.2, -0.15) is 0 Å². The predicted octanol–water partition coefficient (Wildman–Crippen LogP) is 1.82. The van der Waals surface area contributed by atoms with Crippen LogP contribution in [0.15, 0.2) is 29.2 Å². The maximum absolute atomic E-state index is 12.0. The van der Waals surface area contributed by atoms with Crippen molar-refractivity contribution >= 4 is 15.7 Å². The van der Waals surface area contributed by atoms with Crippen LogP contribution in [0.4, 0.5) is 5.69 Å². The molecule has 0 heterocycles. The Morgan fingerprint density at radius 1 is 1.30 bits per heavy atom. The molecular formula is C14H22N2O3S. The Balaban J connectivity index is 2.24. The topological polar surface area (TPSA) is 67.4 Å². The highest BCUT2D eigenvalue weighted by atomic mass is 32.2. The lowest BCUT2D eigenvalue weighted by Gasteiger charge is -2.51. The fourth-order valence-corrected chi connectivity index (χ4v) is 3.54. The van der Waals surface area contributed by atoms with Gasteiger partial charge < -0.3 is 10.1 Å². The number of sulfonamides is 1. The van der Waals surface area contributed by atoms with Crippen LogP contribution in [0.3, 0.4) is 0 Å². The fraction of sp³-hybridized carbons (Fsp3) is 0.571. The van der Waals surface area contributed by atoms with E-state index in [1.807, 2.05) is 6.07 Å². The SMILES string of the molecule is CNS(=O)(=O)c1ccccc1NC1CC(OC)C1(C)C. The molecule has 0 aliphatic heterocycles. The number of ether oxygens (including phenoxy) is 1. The molecule has 0 saturated heterocycles. The standard InChI is InChI=1S/C14H22N2O3S/c1-14(2)12(9-13(14)19-4)16-10-7-5-6-8-11(10)20(17,18)15-3/h5-8,12-13,15-16H,9H2,1-4H3. The van der Waals surface area contributed by atoms with Gasteiger partial charge in [-0.15, -0.1) is 0 Å². The smallest absolute Gasteiger partial charge is 0.242 e. The number of anilines is 1. The van der Waals surface area contributed by atoms with E-state index in [1.54, 1.807) is 25.3 Å². The van der Waals surface area contributed by atoms with E-state index < -0.39 is 10.0 Å². The van der Waals surface area contributed by atoms with Crippen molar-refractivity contribution < 1.29 is 13.2 Å². The molecular weight excluding hydrogens is 276 g/mol. The maximum Gasteiger partial charge on any atom is 0.242 e. The van der Waals surface area contributed by atoms with Gasteiger partial charge >= 0.3 is 0 Å². The predicted molar refractivity (Wildman–Crippen MR) is 79.3 cm³/mol. The number of rotatable bonds is 5. The number of hydrogen-bond donors (Lipinski definition) is 2. The molecule has 1 fully saturated rings. The van der Waals surface area contributed by atoms with E-state index in [1.165, 1.54) is 7.05 Å². The molecule has 0 bridgehead atoms. The summed E-state index contributed by atoms with van der Waals surface area (Å²) >= 11 is 0. The lowest BCUT2D eigenvalue weighted by molar-refractivity contribution is -0.0795. The fourth-order valence-electron chi connectivity index (χ4n) is 2.65. The molecule has 2 rings (SSSR count). The molecule has 0 spiro atoms. The summed E-state index contributed by atoms with van der Waals surface area (Å²) in [7, 11) is -0.331. The third kappa shape index (κ3) is 2.55. The van der Waals surface area contributed by atoms with Gasteiger partial charge in [0, 0.05) is 18.6 Å². The summed E-state index contributed by atoms with van der Waals surface area (Å²) in [6.45, 7) is 4.25. The second-order valence-electron chi connectivity index (χ2n) is 5.68. The first kappa shape index (κ1) is 15.3.